The van der Waals surface area contributed by atoms with Gasteiger partial charge >= 0.3 is 0 Å². The molecule has 2 heterocycles. The predicted octanol–water partition coefficient (Wildman–Crippen LogP) is 4.43. The van der Waals surface area contributed by atoms with Gasteiger partial charge in [-0.25, -0.2) is 8.78 Å². The minimum atomic E-state index is -0.635. The number of hydrogen-bond acceptors (Lipinski definition) is 4. The third-order valence-electron chi connectivity index (χ3n) is 5.00. The summed E-state index contributed by atoms with van der Waals surface area (Å²) in [6.45, 7) is 1.35. The van der Waals surface area contributed by atoms with Gasteiger partial charge in [-0.3, -0.25) is 4.79 Å². The van der Waals surface area contributed by atoms with Crippen LogP contribution in [0.25, 0.3) is 10.6 Å². The van der Waals surface area contributed by atoms with Crippen molar-refractivity contribution in [3.05, 3.63) is 70.7 Å². The number of carbonyl (C=O) groups excluding carboxylic acids is 1. The molecular formula is C21H19F2N3OS. The fourth-order valence-corrected chi connectivity index (χ4v) is 4.47. The van der Waals surface area contributed by atoms with E-state index < -0.39 is 11.6 Å². The van der Waals surface area contributed by atoms with Crippen molar-refractivity contribution in [1.29, 1.82) is 0 Å². The van der Waals surface area contributed by atoms with E-state index in [1.54, 1.807) is 0 Å². The van der Waals surface area contributed by atoms with Gasteiger partial charge in [0.05, 0.1) is 6.42 Å². The molecule has 4 nitrogen and oxygen atoms in total. The Morgan fingerprint density at radius 3 is 2.54 bits per heavy atom. The van der Waals surface area contributed by atoms with Gasteiger partial charge in [0.1, 0.15) is 16.6 Å². The van der Waals surface area contributed by atoms with Crippen molar-refractivity contribution >= 4 is 17.2 Å². The lowest BCUT2D eigenvalue weighted by Crippen LogP contribution is -2.38. The number of rotatable bonds is 4. The van der Waals surface area contributed by atoms with Crippen LogP contribution in [0.1, 0.15) is 29.3 Å². The highest BCUT2D eigenvalue weighted by atomic mass is 32.1. The van der Waals surface area contributed by atoms with Crippen LogP contribution >= 0.6 is 11.3 Å². The molecule has 0 radical (unpaired) electrons. The molecule has 1 saturated heterocycles. The van der Waals surface area contributed by atoms with Crippen LogP contribution < -0.4 is 0 Å². The summed E-state index contributed by atoms with van der Waals surface area (Å²) < 4.78 is 27.1. The standard InChI is InChI=1S/C21H19F2N3OS/c22-16-6-7-17(18(23)13-16)21-25-24-20(28-21)15-8-10-26(11-9-15)19(27)12-14-4-2-1-3-5-14/h1-7,13,15H,8-12H2. The van der Waals surface area contributed by atoms with Crippen LogP contribution in [-0.4, -0.2) is 34.1 Å². The second-order valence-electron chi connectivity index (χ2n) is 6.89. The summed E-state index contributed by atoms with van der Waals surface area (Å²) in [5.74, 6) is -0.908. The summed E-state index contributed by atoms with van der Waals surface area (Å²) in [6.07, 6.45) is 2.03. The van der Waals surface area contributed by atoms with Crippen molar-refractivity contribution in [2.75, 3.05) is 13.1 Å². The SMILES string of the molecule is O=C(Cc1ccccc1)N1CCC(c2nnc(-c3ccc(F)cc3F)s2)CC1. The molecule has 144 valence electrons. The van der Waals surface area contributed by atoms with Crippen LogP contribution in [0.4, 0.5) is 8.78 Å². The quantitative estimate of drug-likeness (QED) is 0.652. The van der Waals surface area contributed by atoms with Crippen LogP contribution in [-0.2, 0) is 11.2 Å². The minimum absolute atomic E-state index is 0.135. The van der Waals surface area contributed by atoms with Crippen LogP contribution in [0.2, 0.25) is 0 Å². The first-order valence-corrected chi connectivity index (χ1v) is 10.0. The smallest absolute Gasteiger partial charge is 0.226 e. The van der Waals surface area contributed by atoms with Crippen molar-refractivity contribution in [2.45, 2.75) is 25.2 Å². The van der Waals surface area contributed by atoms with Gasteiger partial charge < -0.3 is 4.90 Å². The molecule has 0 N–H and O–H groups in total. The molecule has 0 saturated carbocycles. The van der Waals surface area contributed by atoms with Crippen molar-refractivity contribution in [1.82, 2.24) is 15.1 Å². The largest absolute Gasteiger partial charge is 0.342 e. The topological polar surface area (TPSA) is 46.1 Å². The summed E-state index contributed by atoms with van der Waals surface area (Å²) in [4.78, 5) is 14.4. The van der Waals surface area contributed by atoms with E-state index in [0.29, 0.717) is 24.5 Å². The van der Waals surface area contributed by atoms with Gasteiger partial charge in [-0.15, -0.1) is 10.2 Å². The third kappa shape index (κ3) is 4.09. The molecule has 1 aliphatic rings. The first-order chi connectivity index (χ1) is 13.6. The van der Waals surface area contributed by atoms with E-state index in [4.69, 9.17) is 0 Å². The number of amides is 1. The van der Waals surface area contributed by atoms with E-state index in [2.05, 4.69) is 10.2 Å². The fraction of sp³-hybridized carbons (Fsp3) is 0.286. The molecule has 1 fully saturated rings. The molecule has 1 aliphatic heterocycles. The number of aromatic nitrogens is 2. The molecule has 3 aromatic rings. The predicted molar refractivity (Wildman–Crippen MR) is 104 cm³/mol. The van der Waals surface area contributed by atoms with Crippen molar-refractivity contribution in [2.24, 2.45) is 0 Å². The molecule has 0 atom stereocenters. The molecule has 0 bridgehead atoms. The minimum Gasteiger partial charge on any atom is -0.342 e. The Morgan fingerprint density at radius 2 is 1.82 bits per heavy atom. The van der Waals surface area contributed by atoms with Gasteiger partial charge in [-0.2, -0.15) is 0 Å². The maximum absolute atomic E-state index is 14.0. The molecular weight excluding hydrogens is 380 g/mol. The zero-order valence-electron chi connectivity index (χ0n) is 15.1. The second kappa shape index (κ2) is 8.14. The Morgan fingerprint density at radius 1 is 1.07 bits per heavy atom. The van der Waals surface area contributed by atoms with Crippen LogP contribution in [0.5, 0.6) is 0 Å². The normalized spacial score (nSPS) is 15.0. The van der Waals surface area contributed by atoms with Gasteiger partial charge in [0, 0.05) is 30.6 Å². The highest BCUT2D eigenvalue weighted by Crippen LogP contribution is 2.34. The lowest BCUT2D eigenvalue weighted by molar-refractivity contribution is -0.131. The Hall–Kier alpha value is -2.67. The Bertz CT molecular complexity index is 969. The number of hydrogen-bond donors (Lipinski definition) is 0. The number of halogens is 2. The van der Waals surface area contributed by atoms with Crippen LogP contribution in [0.3, 0.4) is 0 Å². The number of piperidine rings is 1. The first-order valence-electron chi connectivity index (χ1n) is 9.20. The first kappa shape index (κ1) is 18.7. The summed E-state index contributed by atoms with van der Waals surface area (Å²) in [6, 6.07) is 13.2. The van der Waals surface area contributed by atoms with E-state index in [0.717, 1.165) is 29.5 Å². The maximum Gasteiger partial charge on any atom is 0.226 e. The monoisotopic (exact) mass is 399 g/mol. The second-order valence-corrected chi connectivity index (χ2v) is 7.90. The molecule has 0 unspecified atom stereocenters. The number of benzene rings is 2. The molecule has 28 heavy (non-hydrogen) atoms. The van der Waals surface area contributed by atoms with E-state index in [1.165, 1.54) is 23.5 Å². The lowest BCUT2D eigenvalue weighted by atomic mass is 9.97. The third-order valence-corrected chi connectivity index (χ3v) is 6.12. The van der Waals surface area contributed by atoms with Gasteiger partial charge in [0.2, 0.25) is 5.91 Å². The molecule has 1 amide bonds. The van der Waals surface area contributed by atoms with Crippen LogP contribution in [0.15, 0.2) is 48.5 Å². The maximum atomic E-state index is 14.0. The van der Waals surface area contributed by atoms with Gasteiger partial charge in [0.25, 0.3) is 0 Å². The van der Waals surface area contributed by atoms with Crippen molar-refractivity contribution in [3.63, 3.8) is 0 Å². The lowest BCUT2D eigenvalue weighted by Gasteiger charge is -2.31. The van der Waals surface area contributed by atoms with E-state index in [1.807, 2.05) is 35.2 Å². The van der Waals surface area contributed by atoms with E-state index >= 15 is 0 Å². The Balaban J connectivity index is 1.38. The zero-order chi connectivity index (χ0) is 19.5. The molecule has 4 rings (SSSR count). The van der Waals surface area contributed by atoms with E-state index in [-0.39, 0.29) is 17.4 Å². The van der Waals surface area contributed by atoms with Gasteiger partial charge in [-0.05, 0) is 30.5 Å². The molecule has 0 spiro atoms. The van der Waals surface area contributed by atoms with E-state index in [9.17, 15) is 13.6 Å². The van der Waals surface area contributed by atoms with Crippen molar-refractivity contribution < 1.29 is 13.6 Å². The summed E-state index contributed by atoms with van der Waals surface area (Å²) in [5.41, 5.74) is 1.28. The van der Waals surface area contributed by atoms with Gasteiger partial charge in [-0.1, -0.05) is 41.7 Å². The molecule has 7 heteroatoms. The zero-order valence-corrected chi connectivity index (χ0v) is 16.0. The van der Waals surface area contributed by atoms with Crippen molar-refractivity contribution in [3.8, 4) is 10.6 Å². The molecule has 0 aliphatic carbocycles. The number of likely N-dealkylation sites (tertiary alicyclic amines) is 1. The number of carbonyl (C=O) groups is 1. The highest BCUT2D eigenvalue weighted by Gasteiger charge is 2.26. The average Bonchev–Trinajstić information content (AvgIpc) is 3.19. The molecule has 1 aromatic heterocycles. The fourth-order valence-electron chi connectivity index (χ4n) is 3.43. The number of nitrogens with zero attached hydrogens (tertiary/aromatic N) is 3. The summed E-state index contributed by atoms with van der Waals surface area (Å²) in [7, 11) is 0. The highest BCUT2D eigenvalue weighted by molar-refractivity contribution is 7.14. The average molecular weight is 399 g/mol. The Kier molecular flexibility index (Phi) is 5.43. The summed E-state index contributed by atoms with van der Waals surface area (Å²) >= 11 is 1.34. The van der Waals surface area contributed by atoms with Crippen LogP contribution in [0, 0.1) is 11.6 Å². The Labute approximate surface area is 165 Å². The van der Waals surface area contributed by atoms with Gasteiger partial charge in [0.15, 0.2) is 5.01 Å². The summed E-state index contributed by atoms with van der Waals surface area (Å²) in [5, 5.41) is 9.61. The molecule has 2 aromatic carbocycles.